The quantitative estimate of drug-likeness (QED) is 0.135. The van der Waals surface area contributed by atoms with Crippen LogP contribution in [0.5, 0.6) is 17.2 Å². The number of benzene rings is 3. The van der Waals surface area contributed by atoms with Gasteiger partial charge in [-0.3, -0.25) is 0 Å². The van der Waals surface area contributed by atoms with E-state index in [4.69, 9.17) is 33.2 Å². The molecular formula is C27H26MnNO6P+. The number of para-hydroxylation sites is 3. The third-order valence-electron chi connectivity index (χ3n) is 4.11. The molecule has 0 unspecified atom stereocenters. The van der Waals surface area contributed by atoms with E-state index >= 15 is 0 Å². The molecule has 0 aliphatic heterocycles. The molecule has 0 fully saturated rings. The molecule has 3 aromatic carbocycles. The SMILES string of the molecule is COC1=CC=C[C@H](C)[CH]1.N#[O+].[C-]#[O+].[Mn].c1ccc(OP(Oc2ccccc2)Oc2ccccc2)cc1. The van der Waals surface area contributed by atoms with Crippen molar-refractivity contribution >= 4 is 8.60 Å². The Morgan fingerprint density at radius 3 is 1.36 bits per heavy atom. The van der Waals surface area contributed by atoms with Crippen LogP contribution in [-0.2, 0) is 31.2 Å². The van der Waals surface area contributed by atoms with Gasteiger partial charge in [-0.1, -0.05) is 73.7 Å². The molecule has 0 saturated heterocycles. The molecular weight excluding hydrogens is 520 g/mol. The Bertz CT molecular complexity index is 941. The Kier molecular flexibility index (Phi) is 19.1. The summed E-state index contributed by atoms with van der Waals surface area (Å²) < 4.78 is 37.3. The van der Waals surface area contributed by atoms with E-state index in [1.165, 1.54) is 0 Å². The molecule has 4 rings (SSSR count). The second-order valence-corrected chi connectivity index (χ2v) is 7.62. The second kappa shape index (κ2) is 21.0. The zero-order valence-electron chi connectivity index (χ0n) is 19.8. The molecule has 1 atom stereocenters. The Labute approximate surface area is 223 Å². The van der Waals surface area contributed by atoms with E-state index in [2.05, 4.69) is 26.1 Å². The zero-order chi connectivity index (χ0) is 25.7. The average Bonchev–Trinajstić information content (AvgIpc) is 2.93. The number of hydrogen-bond donors (Lipinski definition) is 0. The predicted octanol–water partition coefficient (Wildman–Crippen LogP) is 7.23. The molecule has 1 aliphatic rings. The first-order valence-corrected chi connectivity index (χ1v) is 11.5. The summed E-state index contributed by atoms with van der Waals surface area (Å²) in [6, 6.07) is 28.5. The van der Waals surface area contributed by atoms with Crippen LogP contribution in [0.2, 0.25) is 0 Å². The fraction of sp³-hybridized carbons (Fsp3) is 0.111. The maximum absolute atomic E-state index is 7.50. The van der Waals surface area contributed by atoms with Crippen molar-refractivity contribution in [1.82, 2.24) is 0 Å². The molecule has 0 aromatic heterocycles. The molecule has 7 nitrogen and oxygen atoms in total. The van der Waals surface area contributed by atoms with Gasteiger partial charge in [0.1, 0.15) is 17.2 Å². The van der Waals surface area contributed by atoms with E-state index in [0.717, 1.165) is 5.76 Å². The summed E-state index contributed by atoms with van der Waals surface area (Å²) in [5, 5.41) is 0. The Morgan fingerprint density at radius 1 is 0.722 bits per heavy atom. The van der Waals surface area contributed by atoms with Gasteiger partial charge in [-0.15, -0.1) is 0 Å². The van der Waals surface area contributed by atoms with Crippen molar-refractivity contribution in [2.24, 2.45) is 5.92 Å². The van der Waals surface area contributed by atoms with Crippen molar-refractivity contribution in [1.29, 1.82) is 5.46 Å². The van der Waals surface area contributed by atoms with E-state index in [1.54, 1.807) is 7.11 Å². The molecule has 1 aliphatic carbocycles. The van der Waals surface area contributed by atoms with Gasteiger partial charge in [0.2, 0.25) is 0 Å². The topological polar surface area (TPSA) is 101 Å². The summed E-state index contributed by atoms with van der Waals surface area (Å²) >= 11 is 0. The number of hydrogen-bond acceptors (Lipinski definition) is 5. The summed E-state index contributed by atoms with van der Waals surface area (Å²) in [5.41, 5.74) is 5.75. The zero-order valence-corrected chi connectivity index (χ0v) is 21.8. The van der Waals surface area contributed by atoms with E-state index < -0.39 is 8.60 Å². The monoisotopic (exact) mass is 546 g/mol. The molecule has 36 heavy (non-hydrogen) atoms. The second-order valence-electron chi connectivity index (χ2n) is 6.62. The fourth-order valence-electron chi connectivity index (χ4n) is 2.59. The van der Waals surface area contributed by atoms with E-state index in [-0.39, 0.29) is 17.1 Å². The van der Waals surface area contributed by atoms with Crippen LogP contribution in [0.15, 0.2) is 115 Å². The van der Waals surface area contributed by atoms with Crippen LogP contribution in [-0.4, -0.2) is 7.11 Å². The number of nitrogens with zero attached hydrogens (tertiary/aromatic N) is 1. The van der Waals surface area contributed by atoms with Gasteiger partial charge >= 0.3 is 30.1 Å². The van der Waals surface area contributed by atoms with Gasteiger partial charge in [0.15, 0.2) is 0 Å². The Balaban J connectivity index is 0.000000737. The molecule has 0 spiro atoms. The standard InChI is InChI=1S/C18H15O3P.C8H11O.CO.Mn.NO/c1-4-10-16(11-5-1)19-22(20-17-12-6-2-7-13-17)21-18-14-8-3-9-15-18;1-7-4-3-5-8(6-7)9-2;1-2;;1-2/h1-15H;3-7H,1-2H3;;;/q;;;;+1/t;7-;;;/m.0.../s1. The summed E-state index contributed by atoms with van der Waals surface area (Å²) in [6.07, 6.45) is 8.19. The van der Waals surface area contributed by atoms with Crippen molar-refractivity contribution in [2.75, 3.05) is 7.11 Å². The number of methoxy groups -OCH3 is 1. The van der Waals surface area contributed by atoms with Crippen LogP contribution in [0.25, 0.3) is 0 Å². The average molecular weight is 546 g/mol. The van der Waals surface area contributed by atoms with Crippen LogP contribution >= 0.6 is 8.60 Å². The maximum atomic E-state index is 7.50. The summed E-state index contributed by atoms with van der Waals surface area (Å²) in [4.78, 5) is 0. The van der Waals surface area contributed by atoms with Crippen LogP contribution in [0.1, 0.15) is 6.92 Å². The summed E-state index contributed by atoms with van der Waals surface area (Å²) in [7, 11) is 0.0992. The fourth-order valence-corrected chi connectivity index (χ4v) is 3.58. The van der Waals surface area contributed by atoms with Crippen molar-refractivity contribution in [3.8, 4) is 17.2 Å². The molecule has 0 heterocycles. The predicted molar refractivity (Wildman–Crippen MR) is 132 cm³/mol. The number of ether oxygens (including phenoxy) is 1. The van der Waals surface area contributed by atoms with Crippen molar-refractivity contribution in [2.45, 2.75) is 6.92 Å². The van der Waals surface area contributed by atoms with Gasteiger partial charge in [-0.2, -0.15) is 0 Å². The number of allylic oxidation sites excluding steroid dienone is 4. The van der Waals surface area contributed by atoms with Gasteiger partial charge in [0.05, 0.1) is 12.9 Å². The van der Waals surface area contributed by atoms with Gasteiger partial charge in [0, 0.05) is 23.5 Å². The normalized spacial score (nSPS) is 12.8. The summed E-state index contributed by atoms with van der Waals surface area (Å²) in [5.74, 6) is 3.61. The third kappa shape index (κ3) is 13.6. The third-order valence-corrected chi connectivity index (χ3v) is 5.19. The molecule has 0 amide bonds. The molecule has 0 saturated carbocycles. The van der Waals surface area contributed by atoms with Crippen LogP contribution in [0.4, 0.5) is 0 Å². The van der Waals surface area contributed by atoms with Gasteiger partial charge in [-0.25, -0.2) is 0 Å². The van der Waals surface area contributed by atoms with Gasteiger partial charge in [-0.05, 0) is 48.4 Å². The maximum Gasteiger partial charge on any atom is 0.530 e. The minimum atomic E-state index is -1.59. The largest absolute Gasteiger partial charge is 0.530 e. The molecule has 0 bridgehead atoms. The van der Waals surface area contributed by atoms with Crippen LogP contribution in [0.3, 0.4) is 0 Å². The first-order chi connectivity index (χ1) is 17.2. The van der Waals surface area contributed by atoms with Crippen molar-refractivity contribution in [3.63, 3.8) is 0 Å². The molecule has 0 N–H and O–H groups in total. The smallest absolute Gasteiger partial charge is 0.409 e. The minimum absolute atomic E-state index is 0. The molecule has 9 heteroatoms. The van der Waals surface area contributed by atoms with E-state index in [9.17, 15) is 0 Å². The van der Waals surface area contributed by atoms with Crippen molar-refractivity contribution in [3.05, 3.63) is 128 Å². The molecule has 3 aromatic rings. The van der Waals surface area contributed by atoms with E-state index in [1.807, 2.05) is 103 Å². The van der Waals surface area contributed by atoms with Crippen molar-refractivity contribution < 1.29 is 44.8 Å². The Hall–Kier alpha value is -3.30. The van der Waals surface area contributed by atoms with E-state index in [0.29, 0.717) is 23.2 Å². The van der Waals surface area contributed by atoms with Gasteiger partial charge in [0.25, 0.3) is 0 Å². The summed E-state index contributed by atoms with van der Waals surface area (Å²) in [6.45, 7) is 6.63. The van der Waals surface area contributed by atoms with Gasteiger partial charge < -0.3 is 18.3 Å². The number of rotatable bonds is 7. The minimum Gasteiger partial charge on any atom is -0.409 e. The molecule has 186 valence electrons. The molecule has 2 radical (unpaired) electrons. The van der Waals surface area contributed by atoms with Crippen LogP contribution in [0, 0.1) is 24.5 Å². The van der Waals surface area contributed by atoms with Crippen LogP contribution < -0.4 is 13.6 Å². The Morgan fingerprint density at radius 2 is 1.08 bits per heavy atom. The first kappa shape index (κ1) is 32.7. The first-order valence-electron chi connectivity index (χ1n) is 10.4.